The Hall–Kier alpha value is -2.36. The number of aryl methyl sites for hydroxylation is 2. The van der Waals surface area contributed by atoms with Crippen LogP contribution in [0.3, 0.4) is 0 Å². The number of methoxy groups -OCH3 is 1. The van der Waals surface area contributed by atoms with Crippen molar-refractivity contribution in [2.24, 2.45) is 0 Å². The van der Waals surface area contributed by atoms with Crippen molar-refractivity contribution in [3.63, 3.8) is 0 Å². The smallest absolute Gasteiger partial charge is 0.327 e. The molecule has 0 saturated heterocycles. The first-order chi connectivity index (χ1) is 12.5. The van der Waals surface area contributed by atoms with Gasteiger partial charge >= 0.3 is 5.97 Å². The number of hydrogen-bond donors (Lipinski definition) is 1. The molecular weight excluding hydrogens is 338 g/mol. The van der Waals surface area contributed by atoms with E-state index in [1.54, 1.807) is 19.2 Å². The van der Waals surface area contributed by atoms with Gasteiger partial charge in [-0.1, -0.05) is 26.0 Å². The molecule has 0 amide bonds. The average Bonchev–Trinajstić information content (AvgIpc) is 2.57. The third kappa shape index (κ3) is 4.88. The van der Waals surface area contributed by atoms with Crippen molar-refractivity contribution >= 4 is 21.7 Å². The first-order valence-electron chi connectivity index (χ1n) is 8.82. The Bertz CT molecular complexity index is 821. The number of carboxylic acid groups (broad SMARTS) is 1. The van der Waals surface area contributed by atoms with Crippen molar-refractivity contribution in [1.29, 1.82) is 0 Å². The van der Waals surface area contributed by atoms with Crippen molar-refractivity contribution in [2.45, 2.75) is 45.4 Å². The fourth-order valence-electron chi connectivity index (χ4n) is 3.08. The molecule has 2 aromatic carbocycles. The maximum absolute atomic E-state index is 11.1. The molecule has 0 aromatic heterocycles. The van der Waals surface area contributed by atoms with E-state index in [4.69, 9.17) is 30.3 Å². The third-order valence-electron chi connectivity index (χ3n) is 4.59. The summed E-state index contributed by atoms with van der Waals surface area (Å²) in [7, 11) is 12.6. The molecule has 0 fully saturated rings. The Morgan fingerprint density at radius 2 is 1.74 bits per heavy atom. The van der Waals surface area contributed by atoms with Gasteiger partial charge in [-0.05, 0) is 72.2 Å². The Labute approximate surface area is 163 Å². The zero-order valence-electron chi connectivity index (χ0n) is 16.5. The maximum Gasteiger partial charge on any atom is 0.327 e. The molecule has 4 nitrogen and oxygen atoms in total. The van der Waals surface area contributed by atoms with E-state index >= 15 is 0 Å². The van der Waals surface area contributed by atoms with E-state index in [9.17, 15) is 4.79 Å². The maximum atomic E-state index is 11.1. The molecule has 2 rings (SSSR count). The number of carboxylic acids is 1. The SMILES string of the molecule is [B]C([B])(Oc1cc(C)c(Cc2ccc(OC)c(C(C)C)c2)c(C)c1)C(=O)O. The number of carbonyl (C=O) groups is 1. The molecular formula is C21H24B2O4. The molecule has 0 aliphatic heterocycles. The van der Waals surface area contributed by atoms with Crippen molar-refractivity contribution in [2.75, 3.05) is 7.11 Å². The number of ether oxygens (including phenoxy) is 2. The Morgan fingerprint density at radius 1 is 1.15 bits per heavy atom. The van der Waals surface area contributed by atoms with Gasteiger partial charge < -0.3 is 14.6 Å². The van der Waals surface area contributed by atoms with Gasteiger partial charge in [-0.3, -0.25) is 0 Å². The molecule has 0 atom stereocenters. The standard InChI is InChI=1S/C21H24B2O4/c1-12(2)17-10-15(6-7-19(17)26-5)11-18-13(3)8-16(9-14(18)4)27-21(22,23)20(24)25/h6-10,12H,11H2,1-5H3,(H,24,25). The average molecular weight is 362 g/mol. The summed E-state index contributed by atoms with van der Waals surface area (Å²) in [6, 6.07) is 9.74. The van der Waals surface area contributed by atoms with Crippen LogP contribution in [0.5, 0.6) is 11.5 Å². The highest BCUT2D eigenvalue weighted by atomic mass is 16.5. The van der Waals surface area contributed by atoms with Gasteiger partial charge in [0.15, 0.2) is 0 Å². The van der Waals surface area contributed by atoms with E-state index in [0.717, 1.165) is 28.9 Å². The first kappa shape index (κ1) is 20.9. The Balaban J connectivity index is 2.33. The van der Waals surface area contributed by atoms with Crippen LogP contribution in [0.1, 0.15) is 47.6 Å². The third-order valence-corrected chi connectivity index (χ3v) is 4.59. The number of rotatable bonds is 7. The summed E-state index contributed by atoms with van der Waals surface area (Å²) in [6.07, 6.45) is 0.747. The van der Waals surface area contributed by atoms with Gasteiger partial charge in [0.2, 0.25) is 0 Å². The summed E-state index contributed by atoms with van der Waals surface area (Å²) in [5, 5.41) is 6.76. The van der Waals surface area contributed by atoms with Gasteiger partial charge in [-0.2, -0.15) is 0 Å². The summed E-state index contributed by atoms with van der Waals surface area (Å²) in [5.74, 6) is 0.151. The number of benzene rings is 2. The lowest BCUT2D eigenvalue weighted by Gasteiger charge is -2.24. The molecule has 0 bridgehead atoms. The minimum absolute atomic E-state index is 0.332. The minimum atomic E-state index is -2.26. The molecule has 6 heteroatoms. The highest BCUT2D eigenvalue weighted by Gasteiger charge is 2.28. The molecule has 0 spiro atoms. The van der Waals surface area contributed by atoms with Crippen molar-refractivity contribution in [3.8, 4) is 11.5 Å². The predicted octanol–water partition coefficient (Wildman–Crippen LogP) is 3.48. The lowest BCUT2D eigenvalue weighted by atomic mass is 9.65. The van der Waals surface area contributed by atoms with Crippen LogP contribution < -0.4 is 9.47 Å². The van der Waals surface area contributed by atoms with Crippen LogP contribution in [0.4, 0.5) is 0 Å². The lowest BCUT2D eigenvalue weighted by molar-refractivity contribution is -0.143. The second-order valence-corrected chi connectivity index (χ2v) is 7.14. The van der Waals surface area contributed by atoms with Crippen LogP contribution in [0.2, 0.25) is 0 Å². The Morgan fingerprint density at radius 3 is 2.22 bits per heavy atom. The van der Waals surface area contributed by atoms with E-state index in [-0.39, 0.29) is 0 Å². The van der Waals surface area contributed by atoms with Gasteiger partial charge in [0.1, 0.15) is 32.6 Å². The highest BCUT2D eigenvalue weighted by Crippen LogP contribution is 2.30. The van der Waals surface area contributed by atoms with Crippen molar-refractivity contribution < 1.29 is 19.4 Å². The zero-order chi connectivity index (χ0) is 20.4. The van der Waals surface area contributed by atoms with Crippen molar-refractivity contribution in [3.05, 3.63) is 58.1 Å². The molecule has 0 unspecified atom stereocenters. The molecule has 0 aliphatic carbocycles. The normalized spacial score (nSPS) is 11.5. The monoisotopic (exact) mass is 362 g/mol. The number of aliphatic carboxylic acids is 1. The van der Waals surface area contributed by atoms with E-state index in [2.05, 4.69) is 26.0 Å². The fourth-order valence-corrected chi connectivity index (χ4v) is 3.08. The Kier molecular flexibility index (Phi) is 6.30. The molecule has 2 aromatic rings. The van der Waals surface area contributed by atoms with Crippen LogP contribution in [0, 0.1) is 13.8 Å². The summed E-state index contributed by atoms with van der Waals surface area (Å²) >= 11 is 0. The molecule has 0 aliphatic rings. The highest BCUT2D eigenvalue weighted by molar-refractivity contribution is 6.49. The number of hydrogen-bond acceptors (Lipinski definition) is 3. The van der Waals surface area contributed by atoms with Crippen LogP contribution >= 0.6 is 0 Å². The van der Waals surface area contributed by atoms with Crippen LogP contribution in [-0.2, 0) is 11.2 Å². The lowest BCUT2D eigenvalue weighted by Crippen LogP contribution is -2.45. The van der Waals surface area contributed by atoms with Gasteiger partial charge in [-0.25, -0.2) is 4.79 Å². The zero-order valence-corrected chi connectivity index (χ0v) is 16.5. The van der Waals surface area contributed by atoms with E-state index in [0.29, 0.717) is 11.7 Å². The van der Waals surface area contributed by atoms with Crippen LogP contribution in [0.15, 0.2) is 30.3 Å². The topological polar surface area (TPSA) is 55.8 Å². The van der Waals surface area contributed by atoms with Gasteiger partial charge in [0.05, 0.1) is 7.11 Å². The molecule has 27 heavy (non-hydrogen) atoms. The first-order valence-corrected chi connectivity index (χ1v) is 8.82. The molecule has 0 heterocycles. The van der Waals surface area contributed by atoms with E-state index < -0.39 is 11.4 Å². The van der Waals surface area contributed by atoms with Crippen molar-refractivity contribution in [1.82, 2.24) is 0 Å². The quantitative estimate of drug-likeness (QED) is 0.767. The minimum Gasteiger partial charge on any atom is -0.496 e. The van der Waals surface area contributed by atoms with Gasteiger partial charge in [0.25, 0.3) is 0 Å². The second-order valence-electron chi connectivity index (χ2n) is 7.14. The van der Waals surface area contributed by atoms with Gasteiger partial charge in [-0.15, -0.1) is 0 Å². The predicted molar refractivity (Wildman–Crippen MR) is 108 cm³/mol. The molecule has 138 valence electrons. The summed E-state index contributed by atoms with van der Waals surface area (Å²) < 4.78 is 10.7. The summed E-state index contributed by atoms with van der Waals surface area (Å²) in [6.45, 7) is 8.19. The fraction of sp³-hybridized carbons (Fsp3) is 0.381. The van der Waals surface area contributed by atoms with Crippen LogP contribution in [0.25, 0.3) is 0 Å². The molecule has 0 saturated carbocycles. The van der Waals surface area contributed by atoms with Gasteiger partial charge in [0, 0.05) is 0 Å². The summed E-state index contributed by atoms with van der Waals surface area (Å²) in [5.41, 5.74) is 5.46. The molecule has 1 N–H and O–H groups in total. The van der Waals surface area contributed by atoms with E-state index in [1.807, 2.05) is 19.9 Å². The largest absolute Gasteiger partial charge is 0.496 e. The summed E-state index contributed by atoms with van der Waals surface area (Å²) in [4.78, 5) is 11.1. The van der Waals surface area contributed by atoms with Crippen LogP contribution in [-0.4, -0.2) is 39.3 Å². The van der Waals surface area contributed by atoms with E-state index in [1.165, 1.54) is 11.1 Å². The molecule has 4 radical (unpaired) electrons. The second kappa shape index (κ2) is 8.12.